The van der Waals surface area contributed by atoms with Crippen molar-refractivity contribution < 1.29 is 21.7 Å². The van der Waals surface area contributed by atoms with Gasteiger partial charge in [-0.3, -0.25) is 0 Å². The van der Waals surface area contributed by atoms with Gasteiger partial charge in [-0.05, 0) is 0 Å². The first-order chi connectivity index (χ1) is 1.41. The molecule has 0 fully saturated rings. The van der Waals surface area contributed by atoms with Crippen molar-refractivity contribution in [2.24, 2.45) is 0 Å². The third-order valence-electron chi connectivity index (χ3n) is 0. The van der Waals surface area contributed by atoms with E-state index >= 15 is 0 Å². The van der Waals surface area contributed by atoms with Crippen LogP contribution in [-0.4, -0.2) is 5.33 Å². The van der Waals surface area contributed by atoms with Crippen molar-refractivity contribution in [2.75, 3.05) is 5.33 Å². The minimum absolute atomic E-state index is 0. The Bertz CT molecular complexity index is 6.00. The molecule has 24 valence electrons. The van der Waals surface area contributed by atoms with Gasteiger partial charge in [0, 0.05) is 27.0 Å². The fraction of sp³-hybridized carbons (Fsp3) is 1.00. The Labute approximate surface area is 50.0 Å². The van der Waals surface area contributed by atoms with E-state index in [0.29, 0.717) is 0 Å². The zero-order valence-electron chi connectivity index (χ0n) is 2.59. The van der Waals surface area contributed by atoms with Crippen molar-refractivity contribution in [3.8, 4) is 0 Å². The summed E-state index contributed by atoms with van der Waals surface area (Å²) >= 11 is 3.15. The van der Waals surface area contributed by atoms with Gasteiger partial charge in [-0.2, -0.15) is 0 Å². The van der Waals surface area contributed by atoms with Crippen LogP contribution in [0.15, 0.2) is 0 Å². The molecule has 0 heterocycles. The quantitative estimate of drug-likeness (QED) is 0.368. The van der Waals surface area contributed by atoms with Gasteiger partial charge in [0.1, 0.15) is 0 Å². The third-order valence-corrected chi connectivity index (χ3v) is 0. The maximum atomic E-state index is 3.15. The van der Waals surface area contributed by atoms with Crippen LogP contribution in [0.3, 0.4) is 0 Å². The van der Waals surface area contributed by atoms with Crippen LogP contribution in [0.5, 0.6) is 0 Å². The Morgan fingerprint density at radius 3 is 1.75 bits per heavy atom. The van der Waals surface area contributed by atoms with Gasteiger partial charge < -0.3 is 0 Å². The average Bonchev–Trinajstić information content (AvgIpc) is 0.918. The molecule has 0 atom stereocenters. The zero-order valence-corrected chi connectivity index (χ0v) is 5.73. The summed E-state index contributed by atoms with van der Waals surface area (Å²) in [6.07, 6.45) is 0. The van der Waals surface area contributed by atoms with Gasteiger partial charge in [0.25, 0.3) is 0 Å². The Hall–Kier alpha value is 1.19. The first-order valence-corrected chi connectivity index (χ1v) is 2.10. The summed E-state index contributed by atoms with van der Waals surface area (Å²) < 4.78 is 0. The van der Waals surface area contributed by atoms with E-state index in [1.807, 2.05) is 6.92 Å². The average molecular weight is 157 g/mol. The van der Waals surface area contributed by atoms with Gasteiger partial charge in [-0.15, -0.1) is 0 Å². The van der Waals surface area contributed by atoms with Crippen LogP contribution in [0.4, 0.5) is 0 Å². The molecule has 0 amide bonds. The molecule has 0 spiro atoms. The normalized spacial score (nSPS) is 4.50. The molecule has 0 bridgehead atoms. The topological polar surface area (TPSA) is 0 Å². The molecular formula is C2H5BrTi. The van der Waals surface area contributed by atoms with Gasteiger partial charge in [0.05, 0.1) is 0 Å². The monoisotopic (exact) mass is 156 g/mol. The van der Waals surface area contributed by atoms with E-state index in [0.717, 1.165) is 5.33 Å². The van der Waals surface area contributed by atoms with Crippen molar-refractivity contribution >= 4 is 15.9 Å². The predicted molar refractivity (Wildman–Crippen MR) is 19.5 cm³/mol. The Kier molecular flexibility index (Phi) is 19.9. The number of halogens is 1. The molecule has 0 aliphatic heterocycles. The molecule has 0 aromatic heterocycles. The van der Waals surface area contributed by atoms with E-state index < -0.39 is 0 Å². The van der Waals surface area contributed by atoms with Crippen LogP contribution in [-0.2, 0) is 21.7 Å². The number of rotatable bonds is 0. The van der Waals surface area contributed by atoms with E-state index in [1.54, 1.807) is 0 Å². The molecule has 0 saturated carbocycles. The largest absolute Gasteiger partial charge is 0.0931 e. The number of hydrogen-bond donors (Lipinski definition) is 0. The Morgan fingerprint density at radius 2 is 1.75 bits per heavy atom. The summed E-state index contributed by atoms with van der Waals surface area (Å²) in [5.41, 5.74) is 0. The van der Waals surface area contributed by atoms with Crippen molar-refractivity contribution in [1.29, 1.82) is 0 Å². The zero-order chi connectivity index (χ0) is 2.71. The molecule has 0 unspecified atom stereocenters. The fourth-order valence-electron chi connectivity index (χ4n) is 0. The summed E-state index contributed by atoms with van der Waals surface area (Å²) in [7, 11) is 0. The predicted octanol–water partition coefficient (Wildman–Crippen LogP) is 1.40. The molecule has 0 N–H and O–H groups in total. The smallest absolute Gasteiger partial charge is 0.000281 e. The minimum Gasteiger partial charge on any atom is -0.0931 e. The summed E-state index contributed by atoms with van der Waals surface area (Å²) in [6.45, 7) is 2.04. The summed E-state index contributed by atoms with van der Waals surface area (Å²) in [4.78, 5) is 0. The van der Waals surface area contributed by atoms with Gasteiger partial charge in [-0.25, -0.2) is 0 Å². The molecule has 0 radical (unpaired) electrons. The van der Waals surface area contributed by atoms with Crippen LogP contribution >= 0.6 is 15.9 Å². The third kappa shape index (κ3) is 10.8. The first-order valence-electron chi connectivity index (χ1n) is 0.974. The molecule has 0 saturated heterocycles. The van der Waals surface area contributed by atoms with Crippen molar-refractivity contribution in [2.45, 2.75) is 6.92 Å². The maximum absolute atomic E-state index is 3.15. The van der Waals surface area contributed by atoms with E-state index in [-0.39, 0.29) is 21.7 Å². The first kappa shape index (κ1) is 8.96. The van der Waals surface area contributed by atoms with Crippen LogP contribution < -0.4 is 0 Å². The van der Waals surface area contributed by atoms with E-state index in [1.165, 1.54) is 0 Å². The van der Waals surface area contributed by atoms with Crippen LogP contribution in [0.25, 0.3) is 0 Å². The van der Waals surface area contributed by atoms with Crippen LogP contribution in [0.2, 0.25) is 0 Å². The second-order valence-corrected chi connectivity index (χ2v) is 1.39. The molecule has 0 rings (SSSR count). The summed E-state index contributed by atoms with van der Waals surface area (Å²) in [5, 5.41) is 1.06. The van der Waals surface area contributed by atoms with Crippen LogP contribution in [0.1, 0.15) is 6.92 Å². The molecule has 2 heteroatoms. The number of alkyl halides is 1. The van der Waals surface area contributed by atoms with Gasteiger partial charge >= 0.3 is 0 Å². The summed E-state index contributed by atoms with van der Waals surface area (Å²) in [5.74, 6) is 0. The van der Waals surface area contributed by atoms with E-state index in [9.17, 15) is 0 Å². The maximum Gasteiger partial charge on any atom is 0.000281 e. The van der Waals surface area contributed by atoms with Gasteiger partial charge in [0.15, 0.2) is 0 Å². The van der Waals surface area contributed by atoms with E-state index in [2.05, 4.69) is 15.9 Å². The van der Waals surface area contributed by atoms with Crippen molar-refractivity contribution in [3.05, 3.63) is 0 Å². The standard InChI is InChI=1S/C2H5Br.Ti/c1-2-3;/h2H2,1H3;. The SMILES string of the molecule is CCBr.[Ti]. The molecule has 0 nitrogen and oxygen atoms in total. The fourth-order valence-corrected chi connectivity index (χ4v) is 0. The second-order valence-electron chi connectivity index (χ2n) is 0.267. The Morgan fingerprint density at radius 1 is 1.75 bits per heavy atom. The van der Waals surface area contributed by atoms with Crippen LogP contribution in [0, 0.1) is 0 Å². The molecule has 0 aromatic rings. The molecule has 0 aromatic carbocycles. The van der Waals surface area contributed by atoms with Crippen molar-refractivity contribution in [1.82, 2.24) is 0 Å². The second kappa shape index (κ2) is 8.89. The molecule has 0 aliphatic carbocycles. The Balaban J connectivity index is 0. The molecule has 0 aliphatic rings. The summed E-state index contributed by atoms with van der Waals surface area (Å²) in [6, 6.07) is 0. The molecule has 4 heavy (non-hydrogen) atoms. The number of hydrogen-bond acceptors (Lipinski definition) is 0. The van der Waals surface area contributed by atoms with Crippen molar-refractivity contribution in [3.63, 3.8) is 0 Å². The van der Waals surface area contributed by atoms with Gasteiger partial charge in [-0.1, -0.05) is 22.9 Å². The minimum atomic E-state index is 0. The van der Waals surface area contributed by atoms with Gasteiger partial charge in [0.2, 0.25) is 0 Å². The molecular weight excluding hydrogens is 152 g/mol. The van der Waals surface area contributed by atoms with E-state index in [4.69, 9.17) is 0 Å².